The van der Waals surface area contributed by atoms with Crippen LogP contribution in [0.5, 0.6) is 0 Å². The predicted octanol–water partition coefficient (Wildman–Crippen LogP) is 1.22. The molecule has 0 aliphatic carbocycles. The normalized spacial score (nSPS) is 13.8. The Kier molecular flexibility index (Phi) is 2.59. The third kappa shape index (κ3) is 1.56. The van der Waals surface area contributed by atoms with Gasteiger partial charge in [0, 0.05) is 0 Å². The Hall–Kier alpha value is -0.390. The molecule has 6 heteroatoms. The quantitative estimate of drug-likeness (QED) is 0.621. The molecular weight excluding hydrogens is 159 g/mol. The van der Waals surface area contributed by atoms with E-state index in [1.165, 1.54) is 0 Å². The molecule has 0 aliphatic heterocycles. The van der Waals surface area contributed by atoms with Crippen LogP contribution >= 0.6 is 0 Å². The van der Waals surface area contributed by atoms with E-state index < -0.39 is 25.1 Å². The number of hydrogen-bond acceptors (Lipinski definition) is 1. The minimum absolute atomic E-state index is 2.05. The third-order valence-electron chi connectivity index (χ3n) is 0.902. The summed E-state index contributed by atoms with van der Waals surface area (Å²) in [5.74, 6) is -9.43. The highest BCUT2D eigenvalue weighted by Crippen LogP contribution is 2.33. The van der Waals surface area contributed by atoms with Crippen molar-refractivity contribution in [2.45, 2.75) is 11.8 Å². The topological polar surface area (TPSA) is 20.2 Å². The maximum absolute atomic E-state index is 11.7. The molecule has 0 saturated carbocycles. The second kappa shape index (κ2) is 2.69. The molecule has 0 heterocycles. The van der Waals surface area contributed by atoms with E-state index >= 15 is 0 Å². The molecule has 0 fully saturated rings. The molecule has 0 radical (unpaired) electrons. The van der Waals surface area contributed by atoms with Gasteiger partial charge in [-0.3, -0.25) is 0 Å². The lowest BCUT2D eigenvalue weighted by molar-refractivity contribution is -0.230. The van der Waals surface area contributed by atoms with Crippen LogP contribution in [-0.2, 0) is 0 Å². The van der Waals surface area contributed by atoms with Gasteiger partial charge in [0.05, 0.1) is 0 Å². The van der Waals surface area contributed by atoms with E-state index in [1.807, 2.05) is 0 Å². The molecule has 62 valence electrons. The number of halogens is 5. The molecule has 0 unspecified atom stereocenters. The number of hydrogen-bond donors (Lipinski definition) is 1. The molecule has 1 N–H and O–H groups in total. The summed E-state index contributed by atoms with van der Waals surface area (Å²) in [7, 11) is 0. The summed E-state index contributed by atoms with van der Waals surface area (Å²) in [4.78, 5) is 0. The first-order chi connectivity index (χ1) is 4.37. The third-order valence-corrected chi connectivity index (χ3v) is 0.902. The fourth-order valence-corrected chi connectivity index (χ4v) is 0.213. The Bertz CT molecular complexity index is 98.2. The van der Waals surface area contributed by atoms with Crippen LogP contribution in [0.1, 0.15) is 0 Å². The molecule has 10 heavy (non-hydrogen) atoms. The van der Waals surface area contributed by atoms with E-state index in [9.17, 15) is 22.0 Å². The van der Waals surface area contributed by atoms with Crippen LogP contribution in [0.15, 0.2) is 0 Å². The van der Waals surface area contributed by atoms with Gasteiger partial charge in [0.1, 0.15) is 6.61 Å². The fourth-order valence-electron chi connectivity index (χ4n) is 0.213. The Labute approximate surface area is 53.5 Å². The van der Waals surface area contributed by atoms with Crippen molar-refractivity contribution in [3.8, 4) is 0 Å². The fraction of sp³-hybridized carbons (Fsp3) is 1.00. The molecule has 0 aromatic carbocycles. The Morgan fingerprint density at radius 2 is 1.40 bits per heavy atom. The molecule has 0 aromatic rings. The van der Waals surface area contributed by atoms with Gasteiger partial charge in [0.15, 0.2) is 6.67 Å². The molecule has 0 rings (SSSR count). The largest absolute Gasteiger partial charge is 0.390 e. The smallest absolute Gasteiger partial charge is 0.340 e. The molecule has 0 atom stereocenters. The van der Waals surface area contributed by atoms with Crippen molar-refractivity contribution in [2.75, 3.05) is 13.3 Å². The van der Waals surface area contributed by atoms with Crippen LogP contribution in [0.25, 0.3) is 0 Å². The van der Waals surface area contributed by atoms with E-state index in [0.717, 1.165) is 0 Å². The van der Waals surface area contributed by atoms with Gasteiger partial charge in [-0.1, -0.05) is 0 Å². The minimum atomic E-state index is -4.76. The second-order valence-corrected chi connectivity index (χ2v) is 1.70. The van der Waals surface area contributed by atoms with Crippen LogP contribution in [0.4, 0.5) is 22.0 Å². The zero-order valence-corrected chi connectivity index (χ0v) is 4.75. The Morgan fingerprint density at radius 1 is 1.00 bits per heavy atom. The van der Waals surface area contributed by atoms with Crippen molar-refractivity contribution in [3.05, 3.63) is 0 Å². The predicted molar refractivity (Wildman–Crippen MR) is 23.0 cm³/mol. The molecule has 0 aromatic heterocycles. The van der Waals surface area contributed by atoms with Gasteiger partial charge in [0.25, 0.3) is 0 Å². The highest BCUT2D eigenvalue weighted by molar-refractivity contribution is 4.83. The molecular formula is C4H5F5O. The molecule has 0 spiro atoms. The van der Waals surface area contributed by atoms with Crippen molar-refractivity contribution in [3.63, 3.8) is 0 Å². The Morgan fingerprint density at radius 3 is 1.50 bits per heavy atom. The summed E-state index contributed by atoms with van der Waals surface area (Å²) in [5, 5.41) is 7.66. The van der Waals surface area contributed by atoms with Gasteiger partial charge in [-0.25, -0.2) is 4.39 Å². The van der Waals surface area contributed by atoms with E-state index in [4.69, 9.17) is 5.11 Å². The van der Waals surface area contributed by atoms with Crippen molar-refractivity contribution >= 4 is 0 Å². The van der Waals surface area contributed by atoms with Gasteiger partial charge in [-0.05, 0) is 0 Å². The summed E-state index contributed by atoms with van der Waals surface area (Å²) < 4.78 is 57.8. The van der Waals surface area contributed by atoms with Crippen LogP contribution in [-0.4, -0.2) is 30.2 Å². The second-order valence-electron chi connectivity index (χ2n) is 1.70. The zero-order valence-electron chi connectivity index (χ0n) is 4.75. The molecule has 0 amide bonds. The molecule has 1 nitrogen and oxygen atoms in total. The summed E-state index contributed by atoms with van der Waals surface area (Å²) in [6.45, 7) is -4.52. The number of alkyl halides is 5. The number of aliphatic hydroxyl groups excluding tert-OH is 1. The van der Waals surface area contributed by atoms with Gasteiger partial charge in [-0.2, -0.15) is 17.6 Å². The average molecular weight is 164 g/mol. The van der Waals surface area contributed by atoms with E-state index in [2.05, 4.69) is 0 Å². The van der Waals surface area contributed by atoms with Gasteiger partial charge in [-0.15, -0.1) is 0 Å². The van der Waals surface area contributed by atoms with E-state index in [1.54, 1.807) is 0 Å². The highest BCUT2D eigenvalue weighted by Gasteiger charge is 2.55. The van der Waals surface area contributed by atoms with Gasteiger partial charge < -0.3 is 5.11 Å². The summed E-state index contributed by atoms with van der Waals surface area (Å²) >= 11 is 0. The standard InChI is InChI=1S/C4H5F5O/c5-1-3(6,7)4(8,9)2-10/h10H,1-2H2. The number of rotatable bonds is 3. The number of aliphatic hydroxyl groups is 1. The lowest BCUT2D eigenvalue weighted by atomic mass is 10.2. The van der Waals surface area contributed by atoms with Gasteiger partial charge in [0.2, 0.25) is 0 Å². The van der Waals surface area contributed by atoms with Crippen LogP contribution < -0.4 is 0 Å². The summed E-state index contributed by atoms with van der Waals surface area (Å²) in [5.41, 5.74) is 0. The monoisotopic (exact) mass is 164 g/mol. The van der Waals surface area contributed by atoms with Crippen molar-refractivity contribution < 1.29 is 27.1 Å². The SMILES string of the molecule is OCC(F)(F)C(F)(F)CF. The summed E-state index contributed by atoms with van der Waals surface area (Å²) in [6.07, 6.45) is 0. The van der Waals surface area contributed by atoms with Crippen LogP contribution in [0.3, 0.4) is 0 Å². The molecule has 0 saturated heterocycles. The summed E-state index contributed by atoms with van der Waals surface area (Å²) in [6, 6.07) is 0. The highest BCUT2D eigenvalue weighted by atomic mass is 19.3. The zero-order chi connectivity index (χ0) is 8.41. The van der Waals surface area contributed by atoms with E-state index in [-0.39, 0.29) is 0 Å². The van der Waals surface area contributed by atoms with Crippen molar-refractivity contribution in [2.24, 2.45) is 0 Å². The maximum atomic E-state index is 11.7. The molecule has 0 aliphatic rings. The first-order valence-electron chi connectivity index (χ1n) is 2.30. The minimum Gasteiger partial charge on any atom is -0.390 e. The van der Waals surface area contributed by atoms with E-state index in [0.29, 0.717) is 0 Å². The molecule has 0 bridgehead atoms. The van der Waals surface area contributed by atoms with Crippen molar-refractivity contribution in [1.29, 1.82) is 0 Å². The van der Waals surface area contributed by atoms with Crippen LogP contribution in [0, 0.1) is 0 Å². The Balaban J connectivity index is 4.28. The van der Waals surface area contributed by atoms with Crippen molar-refractivity contribution in [1.82, 2.24) is 0 Å². The maximum Gasteiger partial charge on any atom is 0.340 e. The van der Waals surface area contributed by atoms with Crippen LogP contribution in [0.2, 0.25) is 0 Å². The van der Waals surface area contributed by atoms with Gasteiger partial charge >= 0.3 is 11.8 Å². The first-order valence-corrected chi connectivity index (χ1v) is 2.30. The lowest BCUT2D eigenvalue weighted by Crippen LogP contribution is -2.45. The lowest BCUT2D eigenvalue weighted by Gasteiger charge is -2.21. The average Bonchev–Trinajstić information content (AvgIpc) is 1.88. The first kappa shape index (κ1) is 9.61.